The summed E-state index contributed by atoms with van der Waals surface area (Å²) in [5, 5.41) is 8.92. The summed E-state index contributed by atoms with van der Waals surface area (Å²) in [6, 6.07) is 0. The molecule has 0 aliphatic heterocycles. The van der Waals surface area contributed by atoms with E-state index in [0.29, 0.717) is 6.61 Å². The molecule has 1 fully saturated rings. The maximum atomic E-state index is 8.92. The van der Waals surface area contributed by atoms with E-state index in [1.807, 2.05) is 0 Å². The Bertz CT molecular complexity index is 281. The van der Waals surface area contributed by atoms with Crippen LogP contribution >= 0.6 is 0 Å². The van der Waals surface area contributed by atoms with E-state index in [1.165, 1.54) is 24.8 Å². The van der Waals surface area contributed by atoms with Crippen LogP contribution in [0.3, 0.4) is 0 Å². The number of unbranched alkanes of at least 4 members (excludes halogenated alkanes) is 1. The van der Waals surface area contributed by atoms with Crippen molar-refractivity contribution in [1.29, 1.82) is 0 Å². The normalized spacial score (nSPS) is 23.7. The highest BCUT2D eigenvalue weighted by Crippen LogP contribution is 2.45. The van der Waals surface area contributed by atoms with Gasteiger partial charge >= 0.3 is 0 Å². The summed E-state index contributed by atoms with van der Waals surface area (Å²) in [5.41, 5.74) is 1.62. The SMILES string of the molecule is CCCCOCC(C)(C)/C=C(\C)CC1CC1CCO. The molecule has 0 aromatic carbocycles. The summed E-state index contributed by atoms with van der Waals surface area (Å²) in [6.45, 7) is 11.0. The van der Waals surface area contributed by atoms with E-state index < -0.39 is 0 Å². The van der Waals surface area contributed by atoms with Crippen molar-refractivity contribution in [3.8, 4) is 0 Å². The zero-order chi connectivity index (χ0) is 14.3. The van der Waals surface area contributed by atoms with Crippen LogP contribution in [0.15, 0.2) is 11.6 Å². The molecule has 0 saturated heterocycles. The number of aliphatic hydroxyl groups is 1. The molecule has 0 radical (unpaired) electrons. The molecule has 19 heavy (non-hydrogen) atoms. The van der Waals surface area contributed by atoms with Gasteiger partial charge in [0.1, 0.15) is 0 Å². The Morgan fingerprint density at radius 1 is 1.37 bits per heavy atom. The molecule has 1 rings (SSSR count). The summed E-state index contributed by atoms with van der Waals surface area (Å²) in [7, 11) is 0. The molecule has 2 nitrogen and oxygen atoms in total. The zero-order valence-electron chi connectivity index (χ0n) is 13.2. The molecule has 1 aliphatic rings. The molecule has 0 aromatic heterocycles. The lowest BCUT2D eigenvalue weighted by Crippen LogP contribution is -2.17. The number of ether oxygens (including phenoxy) is 1. The molecule has 112 valence electrons. The quantitative estimate of drug-likeness (QED) is 0.475. The predicted molar refractivity (Wildman–Crippen MR) is 81.2 cm³/mol. The Morgan fingerprint density at radius 2 is 2.11 bits per heavy atom. The van der Waals surface area contributed by atoms with Gasteiger partial charge in [-0.3, -0.25) is 0 Å². The number of hydrogen-bond donors (Lipinski definition) is 1. The van der Waals surface area contributed by atoms with Crippen molar-refractivity contribution in [2.45, 2.75) is 59.8 Å². The van der Waals surface area contributed by atoms with Gasteiger partial charge in [0.2, 0.25) is 0 Å². The Morgan fingerprint density at radius 3 is 2.74 bits per heavy atom. The van der Waals surface area contributed by atoms with Crippen LogP contribution < -0.4 is 0 Å². The van der Waals surface area contributed by atoms with E-state index in [4.69, 9.17) is 9.84 Å². The van der Waals surface area contributed by atoms with Gasteiger partial charge in [0.25, 0.3) is 0 Å². The molecule has 2 heteroatoms. The van der Waals surface area contributed by atoms with Crippen LogP contribution in [0.25, 0.3) is 0 Å². The number of aliphatic hydroxyl groups excluding tert-OH is 1. The lowest BCUT2D eigenvalue weighted by Gasteiger charge is -2.21. The molecule has 0 bridgehead atoms. The van der Waals surface area contributed by atoms with E-state index >= 15 is 0 Å². The van der Waals surface area contributed by atoms with E-state index in [0.717, 1.165) is 37.9 Å². The van der Waals surface area contributed by atoms with Gasteiger partial charge in [0.05, 0.1) is 6.61 Å². The van der Waals surface area contributed by atoms with Crippen molar-refractivity contribution < 1.29 is 9.84 Å². The lowest BCUT2D eigenvalue weighted by molar-refractivity contribution is 0.0811. The van der Waals surface area contributed by atoms with Gasteiger partial charge in [-0.15, -0.1) is 0 Å². The maximum Gasteiger partial charge on any atom is 0.0551 e. The van der Waals surface area contributed by atoms with E-state index in [1.54, 1.807) is 0 Å². The van der Waals surface area contributed by atoms with Crippen LogP contribution in [-0.4, -0.2) is 24.9 Å². The van der Waals surface area contributed by atoms with Gasteiger partial charge in [-0.1, -0.05) is 38.8 Å². The molecular formula is C17H32O2. The molecule has 0 heterocycles. The monoisotopic (exact) mass is 268 g/mol. The van der Waals surface area contributed by atoms with Crippen LogP contribution in [0.1, 0.15) is 59.8 Å². The smallest absolute Gasteiger partial charge is 0.0551 e. The Kier molecular flexibility index (Phi) is 7.09. The topological polar surface area (TPSA) is 29.5 Å². The van der Waals surface area contributed by atoms with Crippen molar-refractivity contribution >= 4 is 0 Å². The minimum Gasteiger partial charge on any atom is -0.396 e. The second kappa shape index (κ2) is 8.06. The molecule has 1 saturated carbocycles. The van der Waals surface area contributed by atoms with Crippen molar-refractivity contribution in [1.82, 2.24) is 0 Å². The third-order valence-corrected chi connectivity index (χ3v) is 3.91. The first kappa shape index (κ1) is 16.7. The van der Waals surface area contributed by atoms with Crippen LogP contribution in [0.2, 0.25) is 0 Å². The molecule has 0 spiro atoms. The highest BCUT2D eigenvalue weighted by atomic mass is 16.5. The number of allylic oxidation sites excluding steroid dienone is 1. The van der Waals surface area contributed by atoms with Gasteiger partial charge in [-0.25, -0.2) is 0 Å². The third-order valence-electron chi connectivity index (χ3n) is 3.91. The number of rotatable bonds is 10. The molecule has 0 amide bonds. The van der Waals surface area contributed by atoms with Crippen molar-refractivity contribution in [3.63, 3.8) is 0 Å². The molecular weight excluding hydrogens is 236 g/mol. The van der Waals surface area contributed by atoms with Crippen molar-refractivity contribution in [2.75, 3.05) is 19.8 Å². The summed E-state index contributed by atoms with van der Waals surface area (Å²) in [6.07, 6.45) is 8.23. The summed E-state index contributed by atoms with van der Waals surface area (Å²) in [5.74, 6) is 1.59. The minimum atomic E-state index is 0.138. The van der Waals surface area contributed by atoms with Crippen LogP contribution in [0, 0.1) is 17.3 Å². The highest BCUT2D eigenvalue weighted by molar-refractivity contribution is 5.09. The van der Waals surface area contributed by atoms with Crippen molar-refractivity contribution in [2.24, 2.45) is 17.3 Å². The number of hydrogen-bond acceptors (Lipinski definition) is 2. The molecule has 1 aliphatic carbocycles. The fourth-order valence-corrected chi connectivity index (χ4v) is 2.84. The van der Waals surface area contributed by atoms with Gasteiger partial charge in [-0.2, -0.15) is 0 Å². The first-order valence-corrected chi connectivity index (χ1v) is 7.85. The van der Waals surface area contributed by atoms with E-state index in [-0.39, 0.29) is 5.41 Å². The Hall–Kier alpha value is -0.340. The molecule has 1 N–H and O–H groups in total. The fourth-order valence-electron chi connectivity index (χ4n) is 2.84. The molecule has 0 aromatic rings. The fraction of sp³-hybridized carbons (Fsp3) is 0.882. The second-order valence-corrected chi connectivity index (χ2v) is 6.86. The summed E-state index contributed by atoms with van der Waals surface area (Å²) in [4.78, 5) is 0. The van der Waals surface area contributed by atoms with Gasteiger partial charge in [-0.05, 0) is 44.4 Å². The third kappa shape index (κ3) is 7.12. The van der Waals surface area contributed by atoms with Gasteiger partial charge < -0.3 is 9.84 Å². The minimum absolute atomic E-state index is 0.138. The van der Waals surface area contributed by atoms with Gasteiger partial charge in [0.15, 0.2) is 0 Å². The molecule has 2 unspecified atom stereocenters. The van der Waals surface area contributed by atoms with E-state index in [2.05, 4.69) is 33.8 Å². The largest absolute Gasteiger partial charge is 0.396 e. The maximum absolute atomic E-state index is 8.92. The first-order valence-electron chi connectivity index (χ1n) is 7.85. The van der Waals surface area contributed by atoms with Crippen molar-refractivity contribution in [3.05, 3.63) is 11.6 Å². The van der Waals surface area contributed by atoms with Crippen LogP contribution in [0.4, 0.5) is 0 Å². The van der Waals surface area contributed by atoms with Crippen LogP contribution in [0.5, 0.6) is 0 Å². The van der Waals surface area contributed by atoms with Gasteiger partial charge in [0, 0.05) is 18.6 Å². The summed E-state index contributed by atoms with van der Waals surface area (Å²) >= 11 is 0. The Balaban J connectivity index is 2.27. The van der Waals surface area contributed by atoms with Crippen LogP contribution in [-0.2, 0) is 4.74 Å². The molecule has 2 atom stereocenters. The average Bonchev–Trinajstić information content (AvgIpc) is 3.02. The average molecular weight is 268 g/mol. The predicted octanol–water partition coefficient (Wildman–Crippen LogP) is 4.18. The Labute approximate surface area is 119 Å². The lowest BCUT2D eigenvalue weighted by atomic mass is 9.90. The summed E-state index contributed by atoms with van der Waals surface area (Å²) < 4.78 is 5.74. The highest BCUT2D eigenvalue weighted by Gasteiger charge is 2.36. The second-order valence-electron chi connectivity index (χ2n) is 6.86. The zero-order valence-corrected chi connectivity index (χ0v) is 13.2. The first-order chi connectivity index (χ1) is 8.98. The van der Waals surface area contributed by atoms with E-state index in [9.17, 15) is 0 Å². The standard InChI is InChI=1S/C17H32O2/c1-5-6-9-19-13-17(3,4)12-14(2)10-16-11-15(16)7-8-18/h12,15-16,18H,5-11,13H2,1-4H3/b14-12+.